The maximum atomic E-state index is 13.2. The molecule has 1 N–H and O–H groups in total. The molecule has 1 aliphatic rings. The summed E-state index contributed by atoms with van der Waals surface area (Å²) in [5.41, 5.74) is 0. The molecule has 1 aliphatic heterocycles. The predicted octanol–water partition coefficient (Wildman–Crippen LogP) is 2.88. The van der Waals surface area contributed by atoms with Gasteiger partial charge in [-0.05, 0) is 42.3 Å². The molecule has 3 nitrogen and oxygen atoms in total. The van der Waals surface area contributed by atoms with Crippen LogP contribution in [0.15, 0.2) is 24.3 Å². The van der Waals surface area contributed by atoms with Gasteiger partial charge < -0.3 is 10.0 Å². The topological polar surface area (TPSA) is 40.5 Å². The number of benzene rings is 1. The second kappa shape index (κ2) is 5.50. The van der Waals surface area contributed by atoms with Crippen molar-refractivity contribution >= 4 is 27.3 Å². The molecule has 1 aromatic carbocycles. The van der Waals surface area contributed by atoms with Crippen molar-refractivity contribution in [1.82, 2.24) is 4.90 Å². The lowest BCUT2D eigenvalue weighted by Gasteiger charge is -2.15. The maximum Gasteiger partial charge on any atom is 0.263 e. The number of fused-ring (bicyclic) bond motifs is 1. The lowest BCUT2D eigenvalue weighted by molar-refractivity contribution is 0.0789. The van der Waals surface area contributed by atoms with Crippen LogP contribution in [0.1, 0.15) is 22.5 Å². The van der Waals surface area contributed by atoms with E-state index in [1.54, 1.807) is 6.07 Å². The smallest absolute Gasteiger partial charge is 0.263 e. The Morgan fingerprint density at radius 3 is 3.10 bits per heavy atom. The quantitative estimate of drug-likeness (QED) is 0.945. The van der Waals surface area contributed by atoms with Crippen molar-refractivity contribution in [2.45, 2.75) is 12.8 Å². The van der Waals surface area contributed by atoms with Gasteiger partial charge >= 0.3 is 0 Å². The molecule has 5 heteroatoms. The molecule has 0 spiro atoms. The molecule has 0 saturated carbocycles. The minimum absolute atomic E-state index is 0.0204. The number of hydrogen-bond donors (Lipinski definition) is 1. The van der Waals surface area contributed by atoms with Crippen molar-refractivity contribution in [2.24, 2.45) is 5.92 Å². The van der Waals surface area contributed by atoms with Crippen LogP contribution in [0.3, 0.4) is 0 Å². The molecule has 2 heterocycles. The van der Waals surface area contributed by atoms with E-state index in [-0.39, 0.29) is 18.3 Å². The van der Waals surface area contributed by atoms with Gasteiger partial charge in [-0.2, -0.15) is 0 Å². The normalized spacial score (nSPS) is 18.9. The number of hydrogen-bond acceptors (Lipinski definition) is 3. The fourth-order valence-electron chi connectivity index (χ4n) is 2.70. The molecule has 2 aromatic rings. The molecule has 1 atom stereocenters. The highest BCUT2D eigenvalue weighted by Gasteiger charge is 2.27. The Bertz CT molecular complexity index is 640. The third-order valence-corrected chi connectivity index (χ3v) is 4.89. The minimum Gasteiger partial charge on any atom is -0.396 e. The summed E-state index contributed by atoms with van der Waals surface area (Å²) in [6, 6.07) is 6.42. The lowest BCUT2D eigenvalue weighted by Crippen LogP contribution is -2.28. The van der Waals surface area contributed by atoms with Crippen LogP contribution in [0.2, 0.25) is 0 Å². The summed E-state index contributed by atoms with van der Waals surface area (Å²) in [6.07, 6.45) is 1.70. The highest BCUT2D eigenvalue weighted by atomic mass is 32.1. The number of amides is 1. The third-order valence-electron chi connectivity index (χ3n) is 3.80. The second-order valence-corrected chi connectivity index (χ2v) is 6.29. The largest absolute Gasteiger partial charge is 0.396 e. The van der Waals surface area contributed by atoms with E-state index in [4.69, 9.17) is 5.11 Å². The predicted molar refractivity (Wildman–Crippen MR) is 77.5 cm³/mol. The average Bonchev–Trinajstić information content (AvgIpc) is 3.04. The zero-order chi connectivity index (χ0) is 14.1. The number of likely N-dealkylation sites (tertiary alicyclic amines) is 1. The first kappa shape index (κ1) is 13.5. The van der Waals surface area contributed by atoms with Gasteiger partial charge in [-0.15, -0.1) is 11.3 Å². The summed E-state index contributed by atoms with van der Waals surface area (Å²) in [4.78, 5) is 14.9. The molecule has 20 heavy (non-hydrogen) atoms. The average molecular weight is 293 g/mol. The van der Waals surface area contributed by atoms with Crippen LogP contribution < -0.4 is 0 Å². The van der Waals surface area contributed by atoms with E-state index in [1.807, 2.05) is 11.0 Å². The number of rotatable bonds is 3. The van der Waals surface area contributed by atoms with Crippen LogP contribution in [-0.4, -0.2) is 35.6 Å². The van der Waals surface area contributed by atoms with E-state index < -0.39 is 0 Å². The fourth-order valence-corrected chi connectivity index (χ4v) is 3.76. The number of carbonyl (C=O) groups excluding carboxylic acids is 1. The second-order valence-electron chi connectivity index (χ2n) is 5.21. The van der Waals surface area contributed by atoms with Gasteiger partial charge in [0.05, 0.1) is 4.88 Å². The van der Waals surface area contributed by atoms with Crippen molar-refractivity contribution in [3.63, 3.8) is 0 Å². The van der Waals surface area contributed by atoms with Crippen LogP contribution in [-0.2, 0) is 0 Å². The van der Waals surface area contributed by atoms with E-state index in [2.05, 4.69) is 0 Å². The molecule has 1 aromatic heterocycles. The SMILES string of the molecule is O=C(c1cc2ccc(F)cc2s1)N1CCC(CCO)C1. The van der Waals surface area contributed by atoms with Gasteiger partial charge in [-0.25, -0.2) is 4.39 Å². The highest BCUT2D eigenvalue weighted by molar-refractivity contribution is 7.20. The number of halogens is 1. The van der Waals surface area contributed by atoms with Gasteiger partial charge in [0, 0.05) is 24.4 Å². The Kier molecular flexibility index (Phi) is 3.72. The van der Waals surface area contributed by atoms with E-state index in [1.165, 1.54) is 23.5 Å². The zero-order valence-corrected chi connectivity index (χ0v) is 11.8. The van der Waals surface area contributed by atoms with Gasteiger partial charge in [0.2, 0.25) is 0 Å². The zero-order valence-electron chi connectivity index (χ0n) is 11.0. The standard InChI is InChI=1S/C15H16FNO2S/c16-12-2-1-11-7-14(20-13(11)8-12)15(19)17-5-3-10(9-17)4-6-18/h1-2,7-8,10,18H,3-6,9H2. The van der Waals surface area contributed by atoms with Crippen molar-refractivity contribution < 1.29 is 14.3 Å². The van der Waals surface area contributed by atoms with Crippen LogP contribution in [0.25, 0.3) is 10.1 Å². The lowest BCUT2D eigenvalue weighted by atomic mass is 10.1. The van der Waals surface area contributed by atoms with E-state index in [0.717, 1.165) is 29.5 Å². The first-order valence-electron chi connectivity index (χ1n) is 6.76. The van der Waals surface area contributed by atoms with Crippen LogP contribution in [0.5, 0.6) is 0 Å². The third kappa shape index (κ3) is 2.55. The van der Waals surface area contributed by atoms with E-state index in [0.29, 0.717) is 17.3 Å². The molecule has 3 rings (SSSR count). The number of nitrogens with zero attached hydrogens (tertiary/aromatic N) is 1. The molecule has 1 unspecified atom stereocenters. The first-order chi connectivity index (χ1) is 9.67. The summed E-state index contributed by atoms with van der Waals surface area (Å²) in [5, 5.41) is 9.86. The van der Waals surface area contributed by atoms with Gasteiger partial charge in [0.25, 0.3) is 5.91 Å². The number of aliphatic hydroxyl groups excluding tert-OH is 1. The number of carbonyl (C=O) groups is 1. The molecule has 0 radical (unpaired) electrons. The van der Waals surface area contributed by atoms with Gasteiger partial charge in [0.15, 0.2) is 0 Å². The molecule has 0 bridgehead atoms. The number of aliphatic hydroxyl groups is 1. The van der Waals surface area contributed by atoms with Gasteiger partial charge in [-0.3, -0.25) is 4.79 Å². The van der Waals surface area contributed by atoms with Crippen molar-refractivity contribution in [2.75, 3.05) is 19.7 Å². The summed E-state index contributed by atoms with van der Waals surface area (Å²) in [6.45, 7) is 1.63. The van der Waals surface area contributed by atoms with Gasteiger partial charge in [0.1, 0.15) is 5.82 Å². The van der Waals surface area contributed by atoms with Crippen molar-refractivity contribution in [1.29, 1.82) is 0 Å². The Labute approximate surface area is 120 Å². The molecule has 1 fully saturated rings. The molecule has 106 valence electrons. The molecular weight excluding hydrogens is 277 g/mol. The Balaban J connectivity index is 1.79. The summed E-state index contributed by atoms with van der Waals surface area (Å²) in [5.74, 6) is 0.144. The minimum atomic E-state index is -0.275. The van der Waals surface area contributed by atoms with E-state index in [9.17, 15) is 9.18 Å². The highest BCUT2D eigenvalue weighted by Crippen LogP contribution is 2.29. The molecule has 1 amide bonds. The molecule has 1 saturated heterocycles. The summed E-state index contributed by atoms with van der Waals surface area (Å²) < 4.78 is 14.0. The maximum absolute atomic E-state index is 13.2. The van der Waals surface area contributed by atoms with E-state index >= 15 is 0 Å². The van der Waals surface area contributed by atoms with Crippen molar-refractivity contribution in [3.05, 3.63) is 35.0 Å². The molecular formula is C15H16FNO2S. The fraction of sp³-hybridized carbons (Fsp3) is 0.400. The molecule has 0 aliphatic carbocycles. The summed E-state index contributed by atoms with van der Waals surface area (Å²) >= 11 is 1.34. The number of thiophene rings is 1. The van der Waals surface area contributed by atoms with Crippen LogP contribution in [0.4, 0.5) is 4.39 Å². The van der Waals surface area contributed by atoms with Gasteiger partial charge in [-0.1, -0.05) is 6.07 Å². The Morgan fingerprint density at radius 2 is 2.30 bits per heavy atom. The van der Waals surface area contributed by atoms with Crippen LogP contribution in [0, 0.1) is 11.7 Å². The summed E-state index contributed by atoms with van der Waals surface area (Å²) in [7, 11) is 0. The Morgan fingerprint density at radius 1 is 1.45 bits per heavy atom. The van der Waals surface area contributed by atoms with Crippen molar-refractivity contribution in [3.8, 4) is 0 Å². The monoisotopic (exact) mass is 293 g/mol. The first-order valence-corrected chi connectivity index (χ1v) is 7.58. The Hall–Kier alpha value is -1.46. The van der Waals surface area contributed by atoms with Crippen LogP contribution >= 0.6 is 11.3 Å².